The van der Waals surface area contributed by atoms with Gasteiger partial charge in [0.15, 0.2) is 8.32 Å². The summed E-state index contributed by atoms with van der Waals surface area (Å²) < 4.78 is 6.09. The highest BCUT2D eigenvalue weighted by molar-refractivity contribution is 6.74. The van der Waals surface area contributed by atoms with Crippen molar-refractivity contribution >= 4 is 14.2 Å². The zero-order chi connectivity index (χ0) is 19.1. The molecule has 5 nitrogen and oxygen atoms in total. The second-order valence-electron chi connectivity index (χ2n) is 7.68. The predicted octanol–water partition coefficient (Wildman–Crippen LogP) is 3.53. The molecule has 0 saturated heterocycles. The molecule has 0 aromatic carbocycles. The second-order valence-corrected chi connectivity index (χ2v) is 12.5. The number of carbonyl (C=O) groups is 1. The standard InChI is InChI=1S/C18H35NO4Si/c1-14(12-13-23-24(8,9)18(3,4)5)10-11-16(20)15(2)17(21)19(6)22-7/h10-12,15-16,20H,13H2,1-9H3/b11-10+,14-12+/t15-,16+/m1/s1. The molecule has 1 amide bonds. The van der Waals surface area contributed by atoms with Crippen LogP contribution in [0.2, 0.25) is 18.1 Å². The molecule has 0 aromatic heterocycles. The summed E-state index contributed by atoms with van der Waals surface area (Å²) in [5.41, 5.74) is 0.993. The van der Waals surface area contributed by atoms with Crippen LogP contribution in [0.15, 0.2) is 23.8 Å². The van der Waals surface area contributed by atoms with Crippen molar-refractivity contribution in [3.63, 3.8) is 0 Å². The first-order chi connectivity index (χ1) is 10.8. The molecule has 0 bridgehead atoms. The third kappa shape index (κ3) is 7.30. The summed E-state index contributed by atoms with van der Waals surface area (Å²) in [7, 11) is 1.20. The fraction of sp³-hybridized carbons (Fsp3) is 0.722. The van der Waals surface area contributed by atoms with Crippen molar-refractivity contribution in [2.45, 2.75) is 58.9 Å². The van der Waals surface area contributed by atoms with Crippen LogP contribution in [-0.4, -0.2) is 51.3 Å². The molecule has 0 aliphatic carbocycles. The summed E-state index contributed by atoms with van der Waals surface area (Å²) in [4.78, 5) is 16.8. The van der Waals surface area contributed by atoms with Crippen molar-refractivity contribution in [3.8, 4) is 0 Å². The predicted molar refractivity (Wildman–Crippen MR) is 101 cm³/mol. The Morgan fingerprint density at radius 2 is 1.88 bits per heavy atom. The maximum Gasteiger partial charge on any atom is 0.251 e. The molecule has 0 aliphatic heterocycles. The van der Waals surface area contributed by atoms with E-state index in [1.54, 1.807) is 13.0 Å². The minimum Gasteiger partial charge on any atom is -0.413 e. The van der Waals surface area contributed by atoms with E-state index in [0.717, 1.165) is 10.6 Å². The number of carbonyl (C=O) groups excluding carboxylic acids is 1. The molecule has 0 unspecified atom stereocenters. The van der Waals surface area contributed by atoms with Gasteiger partial charge in [-0.05, 0) is 25.1 Å². The summed E-state index contributed by atoms with van der Waals surface area (Å²) in [6, 6.07) is 0. The quantitative estimate of drug-likeness (QED) is 0.410. The number of rotatable bonds is 8. The molecule has 140 valence electrons. The van der Waals surface area contributed by atoms with E-state index >= 15 is 0 Å². The van der Waals surface area contributed by atoms with Gasteiger partial charge in [0.25, 0.3) is 5.91 Å². The molecule has 0 fully saturated rings. The van der Waals surface area contributed by atoms with E-state index < -0.39 is 20.3 Å². The number of amides is 1. The average molecular weight is 358 g/mol. The average Bonchev–Trinajstić information content (AvgIpc) is 2.48. The Kier molecular flexibility index (Phi) is 9.13. The van der Waals surface area contributed by atoms with Gasteiger partial charge in [-0.25, -0.2) is 5.06 Å². The Bertz CT molecular complexity index is 466. The molecule has 0 rings (SSSR count). The van der Waals surface area contributed by atoms with Crippen molar-refractivity contribution in [1.82, 2.24) is 5.06 Å². The van der Waals surface area contributed by atoms with Gasteiger partial charge in [-0.2, -0.15) is 0 Å². The van der Waals surface area contributed by atoms with E-state index in [1.807, 2.05) is 19.1 Å². The van der Waals surface area contributed by atoms with Gasteiger partial charge in [0.2, 0.25) is 0 Å². The first kappa shape index (κ1) is 23.0. The minimum absolute atomic E-state index is 0.184. The molecule has 0 aliphatic rings. The molecule has 0 heterocycles. The molecule has 0 radical (unpaired) electrons. The fourth-order valence-corrected chi connectivity index (χ4v) is 2.54. The molecular weight excluding hydrogens is 322 g/mol. The van der Waals surface area contributed by atoms with E-state index in [9.17, 15) is 9.90 Å². The number of nitrogens with zero attached hydrogens (tertiary/aromatic N) is 1. The lowest BCUT2D eigenvalue weighted by Crippen LogP contribution is -2.40. The molecule has 0 spiro atoms. The Balaban J connectivity index is 4.62. The Morgan fingerprint density at radius 3 is 2.33 bits per heavy atom. The van der Waals surface area contributed by atoms with Crippen LogP contribution in [0.25, 0.3) is 0 Å². The lowest BCUT2D eigenvalue weighted by Gasteiger charge is -2.35. The molecule has 0 aromatic rings. The number of hydroxylamine groups is 2. The summed E-state index contributed by atoms with van der Waals surface area (Å²) in [6.45, 7) is 15.2. The second kappa shape index (κ2) is 9.51. The van der Waals surface area contributed by atoms with E-state index in [2.05, 4.69) is 33.9 Å². The summed E-state index contributed by atoms with van der Waals surface area (Å²) >= 11 is 0. The van der Waals surface area contributed by atoms with Crippen LogP contribution < -0.4 is 0 Å². The SMILES string of the molecule is CON(C)C(=O)[C@H](C)[C@@H](O)/C=C/C(C)=C/CO[Si](C)(C)C(C)(C)C. The van der Waals surface area contributed by atoms with E-state index in [-0.39, 0.29) is 10.9 Å². The lowest BCUT2D eigenvalue weighted by atomic mass is 10.0. The van der Waals surface area contributed by atoms with E-state index in [1.165, 1.54) is 14.2 Å². The van der Waals surface area contributed by atoms with Crippen molar-refractivity contribution in [3.05, 3.63) is 23.8 Å². The van der Waals surface area contributed by atoms with E-state index in [4.69, 9.17) is 9.26 Å². The lowest BCUT2D eigenvalue weighted by molar-refractivity contribution is -0.175. The number of hydrogen-bond acceptors (Lipinski definition) is 4. The summed E-state index contributed by atoms with van der Waals surface area (Å²) in [5, 5.41) is 11.4. The number of aliphatic hydroxyl groups excluding tert-OH is 1. The summed E-state index contributed by atoms with van der Waals surface area (Å²) in [5.74, 6) is -0.833. The van der Waals surface area contributed by atoms with Crippen LogP contribution in [0, 0.1) is 5.92 Å². The monoisotopic (exact) mass is 357 g/mol. The van der Waals surface area contributed by atoms with Crippen LogP contribution in [0.5, 0.6) is 0 Å². The Morgan fingerprint density at radius 1 is 1.33 bits per heavy atom. The summed E-state index contributed by atoms with van der Waals surface area (Å²) in [6.07, 6.45) is 4.58. The van der Waals surface area contributed by atoms with Crippen molar-refractivity contribution in [2.75, 3.05) is 20.8 Å². The first-order valence-electron chi connectivity index (χ1n) is 8.32. The van der Waals surface area contributed by atoms with Gasteiger partial charge in [0, 0.05) is 7.05 Å². The van der Waals surface area contributed by atoms with Gasteiger partial charge in [0.05, 0.1) is 25.7 Å². The van der Waals surface area contributed by atoms with E-state index in [0.29, 0.717) is 6.61 Å². The maximum absolute atomic E-state index is 11.9. The highest BCUT2D eigenvalue weighted by Gasteiger charge is 2.36. The van der Waals surface area contributed by atoms with Crippen LogP contribution in [0.1, 0.15) is 34.6 Å². The van der Waals surface area contributed by atoms with Gasteiger partial charge in [-0.3, -0.25) is 9.63 Å². The van der Waals surface area contributed by atoms with Crippen molar-refractivity contribution in [2.24, 2.45) is 5.92 Å². The van der Waals surface area contributed by atoms with Crippen molar-refractivity contribution < 1.29 is 19.2 Å². The Hall–Kier alpha value is -0.953. The van der Waals surface area contributed by atoms with Crippen LogP contribution >= 0.6 is 0 Å². The van der Waals surface area contributed by atoms with Gasteiger partial charge in [-0.1, -0.05) is 51.5 Å². The third-order valence-corrected chi connectivity index (χ3v) is 9.20. The maximum atomic E-state index is 11.9. The van der Waals surface area contributed by atoms with Crippen molar-refractivity contribution in [1.29, 1.82) is 0 Å². The zero-order valence-corrected chi connectivity index (χ0v) is 17.7. The normalized spacial score (nSPS) is 16.3. The molecule has 0 saturated carbocycles. The highest BCUT2D eigenvalue weighted by Crippen LogP contribution is 2.36. The molecule has 2 atom stereocenters. The zero-order valence-electron chi connectivity index (χ0n) is 16.7. The number of hydrogen-bond donors (Lipinski definition) is 1. The van der Waals surface area contributed by atoms with Gasteiger partial charge in [0.1, 0.15) is 0 Å². The largest absolute Gasteiger partial charge is 0.413 e. The minimum atomic E-state index is -1.75. The molecule has 6 heteroatoms. The third-order valence-electron chi connectivity index (χ3n) is 4.70. The molecular formula is C18H35NO4Si. The van der Waals surface area contributed by atoms with Crippen LogP contribution in [0.4, 0.5) is 0 Å². The first-order valence-corrected chi connectivity index (χ1v) is 11.2. The number of allylic oxidation sites excluding steroid dienone is 2. The van der Waals surface area contributed by atoms with Crippen LogP contribution in [-0.2, 0) is 14.1 Å². The topological polar surface area (TPSA) is 59.0 Å². The van der Waals surface area contributed by atoms with Gasteiger partial charge >= 0.3 is 0 Å². The molecule has 1 N–H and O–H groups in total. The highest BCUT2D eigenvalue weighted by atomic mass is 28.4. The van der Waals surface area contributed by atoms with Gasteiger partial charge < -0.3 is 9.53 Å². The smallest absolute Gasteiger partial charge is 0.251 e. The molecule has 24 heavy (non-hydrogen) atoms. The van der Waals surface area contributed by atoms with Crippen LogP contribution in [0.3, 0.4) is 0 Å². The van der Waals surface area contributed by atoms with Gasteiger partial charge in [-0.15, -0.1) is 0 Å². The Labute approximate surface area is 148 Å². The fourth-order valence-electron chi connectivity index (χ4n) is 1.61. The number of aliphatic hydroxyl groups is 1.